The number of rotatable bonds is 3. The Morgan fingerprint density at radius 1 is 1.05 bits per heavy atom. The molecule has 0 aliphatic heterocycles. The van der Waals surface area contributed by atoms with Crippen LogP contribution in [0.5, 0.6) is 5.75 Å². The molecular formula is C14H9BrCl2F2O. The standard InChI is InChI=1S/C14H9BrCl2F2O/c1-20-7-5-10(18)13(11(19)6-7)14(15)12-8(16)3-2-4-9(12)17/h2-6,14H,1H3. The highest BCUT2D eigenvalue weighted by Crippen LogP contribution is 2.42. The van der Waals surface area contributed by atoms with Gasteiger partial charge >= 0.3 is 0 Å². The molecule has 2 aromatic rings. The second kappa shape index (κ2) is 6.29. The maximum absolute atomic E-state index is 14.1. The summed E-state index contributed by atoms with van der Waals surface area (Å²) in [7, 11) is 1.34. The van der Waals surface area contributed by atoms with E-state index in [9.17, 15) is 8.78 Å². The molecule has 0 aromatic heterocycles. The molecule has 0 heterocycles. The Kier molecular flexibility index (Phi) is 4.89. The molecule has 2 aromatic carbocycles. The molecule has 0 amide bonds. The van der Waals surface area contributed by atoms with Crippen molar-refractivity contribution < 1.29 is 13.5 Å². The molecule has 0 saturated carbocycles. The Labute approximate surface area is 133 Å². The van der Waals surface area contributed by atoms with Crippen LogP contribution in [-0.4, -0.2) is 7.11 Å². The van der Waals surface area contributed by atoms with Crippen LogP contribution in [0.3, 0.4) is 0 Å². The number of benzene rings is 2. The zero-order chi connectivity index (χ0) is 14.9. The third-order valence-corrected chi connectivity index (χ3v) is 4.37. The number of hydrogen-bond donors (Lipinski definition) is 0. The quantitative estimate of drug-likeness (QED) is 0.613. The van der Waals surface area contributed by atoms with Crippen molar-refractivity contribution in [3.05, 3.63) is 63.1 Å². The van der Waals surface area contributed by atoms with Gasteiger partial charge in [-0.2, -0.15) is 0 Å². The molecule has 0 N–H and O–H groups in total. The van der Waals surface area contributed by atoms with Crippen LogP contribution < -0.4 is 4.74 Å². The van der Waals surface area contributed by atoms with Crippen LogP contribution in [0.1, 0.15) is 16.0 Å². The van der Waals surface area contributed by atoms with Gasteiger partial charge in [0.1, 0.15) is 17.4 Å². The molecule has 1 nitrogen and oxygen atoms in total. The van der Waals surface area contributed by atoms with Crippen molar-refractivity contribution in [3.63, 3.8) is 0 Å². The van der Waals surface area contributed by atoms with Gasteiger partial charge in [0.05, 0.1) is 11.9 Å². The van der Waals surface area contributed by atoms with Gasteiger partial charge in [0.25, 0.3) is 0 Å². The molecule has 0 bridgehead atoms. The Hall–Kier alpha value is -0.840. The Morgan fingerprint density at radius 2 is 1.55 bits per heavy atom. The normalized spacial score (nSPS) is 12.3. The Balaban J connectivity index is 2.57. The van der Waals surface area contributed by atoms with Gasteiger partial charge in [-0.3, -0.25) is 0 Å². The van der Waals surface area contributed by atoms with Gasteiger partial charge in [0, 0.05) is 33.3 Å². The first-order valence-corrected chi connectivity index (χ1v) is 7.23. The second-order valence-electron chi connectivity index (χ2n) is 4.00. The zero-order valence-corrected chi connectivity index (χ0v) is 13.4. The van der Waals surface area contributed by atoms with Crippen molar-refractivity contribution in [1.29, 1.82) is 0 Å². The van der Waals surface area contributed by atoms with E-state index in [2.05, 4.69) is 15.9 Å². The molecule has 0 spiro atoms. The molecule has 0 fully saturated rings. The molecule has 0 aliphatic carbocycles. The van der Waals surface area contributed by atoms with Crippen molar-refractivity contribution in [2.24, 2.45) is 0 Å². The van der Waals surface area contributed by atoms with Crippen LogP contribution in [0.25, 0.3) is 0 Å². The molecule has 0 saturated heterocycles. The zero-order valence-electron chi connectivity index (χ0n) is 10.3. The summed E-state index contributed by atoms with van der Waals surface area (Å²) in [4.78, 5) is -0.797. The third-order valence-electron chi connectivity index (χ3n) is 2.79. The minimum absolute atomic E-state index is 0.105. The predicted molar refractivity (Wildman–Crippen MR) is 80.1 cm³/mol. The van der Waals surface area contributed by atoms with E-state index in [0.717, 1.165) is 12.1 Å². The molecule has 6 heteroatoms. The van der Waals surface area contributed by atoms with Crippen molar-refractivity contribution in [2.75, 3.05) is 7.11 Å². The third kappa shape index (κ3) is 2.92. The van der Waals surface area contributed by atoms with Crippen LogP contribution in [-0.2, 0) is 0 Å². The molecule has 0 aliphatic rings. The number of hydrogen-bond acceptors (Lipinski definition) is 1. The first-order chi connectivity index (χ1) is 9.45. The molecule has 106 valence electrons. The second-order valence-corrected chi connectivity index (χ2v) is 5.73. The van der Waals surface area contributed by atoms with Gasteiger partial charge in [-0.1, -0.05) is 45.2 Å². The summed E-state index contributed by atoms with van der Waals surface area (Å²) in [6.07, 6.45) is 0. The SMILES string of the molecule is COc1cc(F)c(C(Br)c2c(Cl)cccc2Cl)c(F)c1. The fourth-order valence-electron chi connectivity index (χ4n) is 1.82. The summed E-state index contributed by atoms with van der Waals surface area (Å²) in [6, 6.07) is 7.09. The first kappa shape index (κ1) is 15.5. The molecule has 1 atom stereocenters. The Morgan fingerprint density at radius 3 is 2.00 bits per heavy atom. The van der Waals surface area contributed by atoms with Crippen molar-refractivity contribution in [1.82, 2.24) is 0 Å². The Bertz CT molecular complexity index is 606. The maximum Gasteiger partial charge on any atom is 0.134 e. The van der Waals surface area contributed by atoms with E-state index in [-0.39, 0.29) is 11.3 Å². The summed E-state index contributed by atoms with van der Waals surface area (Å²) >= 11 is 15.4. The van der Waals surface area contributed by atoms with E-state index in [1.54, 1.807) is 18.2 Å². The van der Waals surface area contributed by atoms with Gasteiger partial charge in [-0.15, -0.1) is 0 Å². The van der Waals surface area contributed by atoms with E-state index in [1.165, 1.54) is 7.11 Å². The molecule has 20 heavy (non-hydrogen) atoms. The number of halogens is 5. The fraction of sp³-hybridized carbons (Fsp3) is 0.143. The van der Waals surface area contributed by atoms with E-state index in [1.807, 2.05) is 0 Å². The lowest BCUT2D eigenvalue weighted by molar-refractivity contribution is 0.405. The highest BCUT2D eigenvalue weighted by Gasteiger charge is 2.24. The lowest BCUT2D eigenvalue weighted by Gasteiger charge is -2.16. The van der Waals surface area contributed by atoms with Crippen LogP contribution >= 0.6 is 39.1 Å². The first-order valence-electron chi connectivity index (χ1n) is 5.56. The molecule has 1 unspecified atom stereocenters. The van der Waals surface area contributed by atoms with Gasteiger partial charge in [-0.25, -0.2) is 8.78 Å². The summed E-state index contributed by atoms with van der Waals surface area (Å²) in [6.45, 7) is 0. The summed E-state index contributed by atoms with van der Waals surface area (Å²) in [5, 5.41) is 0.656. The van der Waals surface area contributed by atoms with Gasteiger partial charge in [0.15, 0.2) is 0 Å². The average Bonchev–Trinajstić information content (AvgIpc) is 2.37. The van der Waals surface area contributed by atoms with Crippen LogP contribution in [0.4, 0.5) is 8.78 Å². The highest BCUT2D eigenvalue weighted by molar-refractivity contribution is 9.09. The number of alkyl halides is 1. The van der Waals surface area contributed by atoms with Crippen LogP contribution in [0.15, 0.2) is 30.3 Å². The van der Waals surface area contributed by atoms with Crippen molar-refractivity contribution >= 4 is 39.1 Å². The largest absolute Gasteiger partial charge is 0.497 e. The summed E-state index contributed by atoms with van der Waals surface area (Å²) < 4.78 is 32.9. The topological polar surface area (TPSA) is 9.23 Å². The van der Waals surface area contributed by atoms with Gasteiger partial charge in [-0.05, 0) is 12.1 Å². The smallest absolute Gasteiger partial charge is 0.134 e. The molecule has 0 radical (unpaired) electrons. The van der Waals surface area contributed by atoms with E-state index in [4.69, 9.17) is 27.9 Å². The lowest BCUT2D eigenvalue weighted by Crippen LogP contribution is -2.03. The summed E-state index contributed by atoms with van der Waals surface area (Å²) in [5.41, 5.74) is 0.250. The van der Waals surface area contributed by atoms with Gasteiger partial charge in [0.2, 0.25) is 0 Å². The van der Waals surface area contributed by atoms with E-state index in [0.29, 0.717) is 15.6 Å². The van der Waals surface area contributed by atoms with E-state index < -0.39 is 16.5 Å². The minimum Gasteiger partial charge on any atom is -0.497 e. The maximum atomic E-state index is 14.1. The molecule has 2 rings (SSSR count). The van der Waals surface area contributed by atoms with Crippen LogP contribution in [0, 0.1) is 11.6 Å². The average molecular weight is 382 g/mol. The lowest BCUT2D eigenvalue weighted by atomic mass is 10.0. The monoisotopic (exact) mass is 380 g/mol. The van der Waals surface area contributed by atoms with Gasteiger partial charge < -0.3 is 4.74 Å². The fourth-order valence-corrected chi connectivity index (χ4v) is 3.63. The number of ether oxygens (including phenoxy) is 1. The predicted octanol–water partition coefficient (Wildman–Crippen LogP) is 5.76. The summed E-state index contributed by atoms with van der Waals surface area (Å²) in [5.74, 6) is -1.37. The van der Waals surface area contributed by atoms with Crippen LogP contribution in [0.2, 0.25) is 10.0 Å². The van der Waals surface area contributed by atoms with Crippen molar-refractivity contribution in [3.8, 4) is 5.75 Å². The minimum atomic E-state index is -0.797. The van der Waals surface area contributed by atoms with Crippen molar-refractivity contribution in [2.45, 2.75) is 4.83 Å². The highest BCUT2D eigenvalue weighted by atomic mass is 79.9. The molecular weight excluding hydrogens is 373 g/mol. The number of methoxy groups -OCH3 is 1. The van der Waals surface area contributed by atoms with E-state index >= 15 is 0 Å².